The zero-order chi connectivity index (χ0) is 16.4. The van der Waals surface area contributed by atoms with Crippen LogP contribution < -0.4 is 5.32 Å². The lowest BCUT2D eigenvalue weighted by Gasteiger charge is -2.22. The van der Waals surface area contributed by atoms with Crippen molar-refractivity contribution in [3.8, 4) is 0 Å². The summed E-state index contributed by atoms with van der Waals surface area (Å²) in [6.07, 6.45) is 0. The number of amides is 1. The van der Waals surface area contributed by atoms with E-state index in [-0.39, 0.29) is 11.9 Å². The predicted molar refractivity (Wildman–Crippen MR) is 98.5 cm³/mol. The molecule has 3 rings (SSSR count). The molecule has 0 aliphatic rings. The number of para-hydroxylation sites is 1. The van der Waals surface area contributed by atoms with E-state index in [1.807, 2.05) is 55.3 Å². The number of aromatic nitrogens is 1. The number of hydrogen-bond acceptors (Lipinski definition) is 5. The van der Waals surface area contributed by atoms with Crippen LogP contribution >= 0.6 is 34.3 Å². The van der Waals surface area contributed by atoms with Gasteiger partial charge < -0.3 is 5.32 Å². The van der Waals surface area contributed by atoms with Gasteiger partial charge in [-0.15, -0.1) is 11.3 Å². The summed E-state index contributed by atoms with van der Waals surface area (Å²) in [6, 6.07) is 11.5. The number of anilines is 1. The number of fused-ring (bicyclic) bond motifs is 1. The van der Waals surface area contributed by atoms with Gasteiger partial charge in [0.1, 0.15) is 0 Å². The Bertz CT molecular complexity index is 796. The van der Waals surface area contributed by atoms with Gasteiger partial charge in [-0.3, -0.25) is 9.69 Å². The van der Waals surface area contributed by atoms with E-state index in [9.17, 15) is 4.79 Å². The van der Waals surface area contributed by atoms with Gasteiger partial charge in [0.05, 0.1) is 20.6 Å². The number of thiophene rings is 1. The summed E-state index contributed by atoms with van der Waals surface area (Å²) in [6.45, 7) is 2.57. The third-order valence-electron chi connectivity index (χ3n) is 3.60. The molecule has 1 amide bonds. The molecular formula is C16H16ClN3OS2. The Balaban J connectivity index is 1.64. The van der Waals surface area contributed by atoms with Crippen LogP contribution in [-0.2, 0) is 11.3 Å². The molecule has 0 unspecified atom stereocenters. The van der Waals surface area contributed by atoms with Crippen LogP contribution in [0.5, 0.6) is 0 Å². The third-order valence-corrected chi connectivity index (χ3v) is 5.77. The van der Waals surface area contributed by atoms with Crippen LogP contribution in [0.3, 0.4) is 0 Å². The van der Waals surface area contributed by atoms with Crippen molar-refractivity contribution in [2.24, 2.45) is 0 Å². The molecular weight excluding hydrogens is 350 g/mol. The van der Waals surface area contributed by atoms with Gasteiger partial charge in [0.2, 0.25) is 5.91 Å². The van der Waals surface area contributed by atoms with Crippen molar-refractivity contribution >= 4 is 55.5 Å². The van der Waals surface area contributed by atoms with Crippen molar-refractivity contribution in [3.63, 3.8) is 0 Å². The molecule has 23 heavy (non-hydrogen) atoms. The third kappa shape index (κ3) is 3.90. The normalized spacial score (nSPS) is 12.7. The highest BCUT2D eigenvalue weighted by Crippen LogP contribution is 2.26. The van der Waals surface area contributed by atoms with Crippen LogP contribution in [0.2, 0.25) is 4.34 Å². The fraction of sp³-hybridized carbons (Fsp3) is 0.250. The Morgan fingerprint density at radius 2 is 2.09 bits per heavy atom. The molecule has 1 atom stereocenters. The van der Waals surface area contributed by atoms with E-state index in [1.165, 1.54) is 22.7 Å². The van der Waals surface area contributed by atoms with Crippen LogP contribution in [0.15, 0.2) is 36.4 Å². The number of hydrogen-bond donors (Lipinski definition) is 1. The number of halogens is 1. The van der Waals surface area contributed by atoms with Crippen LogP contribution in [0.4, 0.5) is 5.13 Å². The lowest BCUT2D eigenvalue weighted by atomic mass is 10.2. The van der Waals surface area contributed by atoms with E-state index in [0.29, 0.717) is 11.7 Å². The monoisotopic (exact) mass is 365 g/mol. The first-order chi connectivity index (χ1) is 11.0. The summed E-state index contributed by atoms with van der Waals surface area (Å²) in [5, 5.41) is 3.54. The Kier molecular flexibility index (Phi) is 4.96. The van der Waals surface area contributed by atoms with Crippen LogP contribution in [0.25, 0.3) is 10.2 Å². The summed E-state index contributed by atoms with van der Waals surface area (Å²) in [7, 11) is 1.93. The minimum absolute atomic E-state index is 0.0609. The molecule has 1 N–H and O–H groups in total. The molecule has 1 aromatic carbocycles. The molecule has 2 aromatic heterocycles. The van der Waals surface area contributed by atoms with Crippen LogP contribution in [0, 0.1) is 0 Å². The van der Waals surface area contributed by atoms with Crippen molar-refractivity contribution in [1.82, 2.24) is 9.88 Å². The minimum atomic E-state index is -0.261. The fourth-order valence-corrected chi connectivity index (χ4v) is 4.18. The maximum atomic E-state index is 12.4. The maximum absolute atomic E-state index is 12.4. The van der Waals surface area contributed by atoms with Crippen LogP contribution in [0.1, 0.15) is 11.8 Å². The molecule has 0 saturated heterocycles. The average Bonchev–Trinajstić information content (AvgIpc) is 3.11. The van der Waals surface area contributed by atoms with Crippen molar-refractivity contribution in [2.75, 3.05) is 12.4 Å². The summed E-state index contributed by atoms with van der Waals surface area (Å²) in [4.78, 5) is 20.0. The van der Waals surface area contributed by atoms with Gasteiger partial charge >= 0.3 is 0 Å². The van der Waals surface area contributed by atoms with E-state index in [4.69, 9.17) is 11.6 Å². The summed E-state index contributed by atoms with van der Waals surface area (Å²) >= 11 is 8.96. The number of carbonyl (C=O) groups is 1. The molecule has 0 saturated carbocycles. The summed E-state index contributed by atoms with van der Waals surface area (Å²) < 4.78 is 1.83. The molecule has 3 aromatic rings. The highest BCUT2D eigenvalue weighted by molar-refractivity contribution is 7.22. The SMILES string of the molecule is C[C@H](C(=O)Nc1nc2ccccc2s1)N(C)Cc1ccc(Cl)s1. The zero-order valence-electron chi connectivity index (χ0n) is 12.7. The predicted octanol–water partition coefficient (Wildman–Crippen LogP) is 4.47. The molecule has 2 heterocycles. The van der Waals surface area contributed by atoms with Crippen molar-refractivity contribution in [3.05, 3.63) is 45.6 Å². The number of benzene rings is 1. The Labute approximate surface area is 147 Å². The van der Waals surface area contributed by atoms with E-state index < -0.39 is 0 Å². The molecule has 0 spiro atoms. The molecule has 0 radical (unpaired) electrons. The molecule has 120 valence electrons. The molecule has 0 fully saturated rings. The fourth-order valence-electron chi connectivity index (χ4n) is 2.16. The van der Waals surface area contributed by atoms with Gasteiger partial charge in [0, 0.05) is 11.4 Å². The lowest BCUT2D eigenvalue weighted by molar-refractivity contribution is -0.120. The lowest BCUT2D eigenvalue weighted by Crippen LogP contribution is -2.39. The quantitative estimate of drug-likeness (QED) is 0.725. The topological polar surface area (TPSA) is 45.2 Å². The molecule has 0 bridgehead atoms. The molecule has 4 nitrogen and oxygen atoms in total. The first-order valence-corrected chi connectivity index (χ1v) is 9.15. The van der Waals surface area contributed by atoms with Gasteiger partial charge in [-0.25, -0.2) is 4.98 Å². The van der Waals surface area contributed by atoms with Crippen LogP contribution in [-0.4, -0.2) is 28.9 Å². The van der Waals surface area contributed by atoms with Gasteiger partial charge in [0.15, 0.2) is 5.13 Å². The number of nitrogens with zero attached hydrogens (tertiary/aromatic N) is 2. The van der Waals surface area contributed by atoms with E-state index in [1.54, 1.807) is 0 Å². The van der Waals surface area contributed by atoms with Gasteiger partial charge in [-0.2, -0.15) is 0 Å². The van der Waals surface area contributed by atoms with Crippen molar-refractivity contribution in [1.29, 1.82) is 0 Å². The maximum Gasteiger partial charge on any atom is 0.243 e. The first kappa shape index (κ1) is 16.4. The largest absolute Gasteiger partial charge is 0.301 e. The smallest absolute Gasteiger partial charge is 0.243 e. The molecule has 0 aliphatic heterocycles. The second kappa shape index (κ2) is 6.97. The van der Waals surface area contributed by atoms with Gasteiger partial charge in [-0.1, -0.05) is 35.1 Å². The second-order valence-corrected chi connectivity index (χ2v) is 8.10. The molecule has 7 heteroatoms. The van der Waals surface area contributed by atoms with Gasteiger partial charge in [0.25, 0.3) is 0 Å². The van der Waals surface area contributed by atoms with E-state index in [2.05, 4.69) is 10.3 Å². The highest BCUT2D eigenvalue weighted by Gasteiger charge is 2.20. The Morgan fingerprint density at radius 1 is 1.30 bits per heavy atom. The Morgan fingerprint density at radius 3 is 2.78 bits per heavy atom. The Hall–Kier alpha value is -1.47. The first-order valence-electron chi connectivity index (χ1n) is 7.14. The number of nitrogens with one attached hydrogen (secondary N) is 1. The average molecular weight is 366 g/mol. The number of thiazole rings is 1. The van der Waals surface area contributed by atoms with E-state index in [0.717, 1.165) is 19.4 Å². The number of rotatable bonds is 5. The number of carbonyl (C=O) groups excluding carboxylic acids is 1. The summed E-state index contributed by atoms with van der Waals surface area (Å²) in [5.74, 6) is -0.0609. The number of likely N-dealkylation sites (N-methyl/N-ethyl adjacent to an activating group) is 1. The molecule has 0 aliphatic carbocycles. The second-order valence-electron chi connectivity index (χ2n) is 5.27. The minimum Gasteiger partial charge on any atom is -0.301 e. The zero-order valence-corrected chi connectivity index (χ0v) is 15.1. The van der Waals surface area contributed by atoms with Crippen molar-refractivity contribution < 1.29 is 4.79 Å². The van der Waals surface area contributed by atoms with Gasteiger partial charge in [-0.05, 0) is 38.2 Å². The standard InChI is InChI=1S/C16H16ClN3OS2/c1-10(20(2)9-11-7-8-14(17)22-11)15(21)19-16-18-12-5-3-4-6-13(12)23-16/h3-8,10H,9H2,1-2H3,(H,18,19,21)/t10-/m1/s1. The van der Waals surface area contributed by atoms with Crippen molar-refractivity contribution in [2.45, 2.75) is 19.5 Å². The highest BCUT2D eigenvalue weighted by atomic mass is 35.5. The summed E-state index contributed by atoms with van der Waals surface area (Å²) in [5.41, 5.74) is 0.905. The van der Waals surface area contributed by atoms with E-state index >= 15 is 0 Å².